The van der Waals surface area contributed by atoms with Crippen LogP contribution >= 0.6 is 0 Å². The number of carboxylic acid groups (broad SMARTS) is 2. The van der Waals surface area contributed by atoms with E-state index in [0.717, 1.165) is 5.57 Å². The van der Waals surface area contributed by atoms with Gasteiger partial charge in [-0.15, -0.1) is 0 Å². The first kappa shape index (κ1) is 14.8. The average Bonchev–Trinajstić information content (AvgIpc) is 3.04. The first-order chi connectivity index (χ1) is 11.1. The molecule has 2 aromatic carbocycles. The summed E-state index contributed by atoms with van der Waals surface area (Å²) in [7, 11) is 0. The molecule has 0 heterocycles. The monoisotopic (exact) mass is 306 g/mol. The molecule has 0 saturated heterocycles. The Kier molecular flexibility index (Phi) is 3.81. The number of benzene rings is 2. The van der Waals surface area contributed by atoms with Crippen LogP contribution in [-0.4, -0.2) is 22.2 Å². The van der Waals surface area contributed by atoms with E-state index in [1.54, 1.807) is 48.5 Å². The van der Waals surface area contributed by atoms with Crippen LogP contribution in [0.3, 0.4) is 0 Å². The van der Waals surface area contributed by atoms with Gasteiger partial charge in [0.15, 0.2) is 0 Å². The molecule has 23 heavy (non-hydrogen) atoms. The van der Waals surface area contributed by atoms with Crippen LogP contribution in [0.5, 0.6) is 0 Å². The zero-order valence-electron chi connectivity index (χ0n) is 12.1. The van der Waals surface area contributed by atoms with Crippen molar-refractivity contribution in [1.29, 1.82) is 0 Å². The van der Waals surface area contributed by atoms with Gasteiger partial charge in [-0.2, -0.15) is 0 Å². The third kappa shape index (κ3) is 2.66. The highest BCUT2D eigenvalue weighted by Gasteiger charge is 2.25. The molecular formula is C19H14O4. The van der Waals surface area contributed by atoms with E-state index >= 15 is 0 Å². The molecule has 1 aliphatic carbocycles. The van der Waals surface area contributed by atoms with E-state index in [1.165, 1.54) is 0 Å². The van der Waals surface area contributed by atoms with Gasteiger partial charge in [0.05, 0.1) is 11.1 Å². The van der Waals surface area contributed by atoms with Gasteiger partial charge in [0, 0.05) is 5.92 Å². The molecule has 0 spiro atoms. The van der Waals surface area contributed by atoms with E-state index in [0.29, 0.717) is 11.1 Å². The molecule has 2 N–H and O–H groups in total. The molecule has 0 fully saturated rings. The van der Waals surface area contributed by atoms with Crippen LogP contribution in [0.15, 0.2) is 66.8 Å². The number of allylic oxidation sites excluding steroid dienone is 4. The van der Waals surface area contributed by atoms with Crippen molar-refractivity contribution in [2.75, 3.05) is 0 Å². The van der Waals surface area contributed by atoms with Crippen LogP contribution in [0.4, 0.5) is 0 Å². The third-order valence-corrected chi connectivity index (χ3v) is 3.91. The van der Waals surface area contributed by atoms with E-state index in [9.17, 15) is 19.8 Å². The van der Waals surface area contributed by atoms with Crippen LogP contribution < -0.4 is 0 Å². The lowest BCUT2D eigenvalue weighted by Gasteiger charge is -2.18. The summed E-state index contributed by atoms with van der Waals surface area (Å²) in [6, 6.07) is 13.5. The summed E-state index contributed by atoms with van der Waals surface area (Å²) >= 11 is 0. The SMILES string of the molecule is O=C(O)c1ccccc1C1=CC=CC1c1ccccc1C(=O)O. The maximum Gasteiger partial charge on any atom is 0.336 e. The van der Waals surface area contributed by atoms with Gasteiger partial charge in [0.2, 0.25) is 0 Å². The van der Waals surface area contributed by atoms with Gasteiger partial charge in [-0.25, -0.2) is 9.59 Å². The van der Waals surface area contributed by atoms with Crippen molar-refractivity contribution in [2.24, 2.45) is 0 Å². The molecule has 3 rings (SSSR count). The summed E-state index contributed by atoms with van der Waals surface area (Å²) < 4.78 is 0. The molecule has 0 saturated carbocycles. The summed E-state index contributed by atoms with van der Waals surface area (Å²) in [6.07, 6.45) is 5.55. The molecule has 114 valence electrons. The number of carbonyl (C=O) groups is 2. The number of hydrogen-bond acceptors (Lipinski definition) is 2. The first-order valence-corrected chi connectivity index (χ1v) is 7.13. The van der Waals surface area contributed by atoms with Crippen molar-refractivity contribution >= 4 is 17.5 Å². The molecule has 1 unspecified atom stereocenters. The van der Waals surface area contributed by atoms with E-state index in [2.05, 4.69) is 0 Å². The van der Waals surface area contributed by atoms with Crippen LogP contribution in [0, 0.1) is 0 Å². The Labute approximate surface area is 133 Å². The Balaban J connectivity index is 2.11. The summed E-state index contributed by atoms with van der Waals surface area (Å²) in [5.74, 6) is -2.27. The second-order valence-electron chi connectivity index (χ2n) is 5.23. The summed E-state index contributed by atoms with van der Waals surface area (Å²) in [5.41, 5.74) is 2.48. The maximum absolute atomic E-state index is 11.5. The minimum atomic E-state index is -1.00. The van der Waals surface area contributed by atoms with E-state index < -0.39 is 11.9 Å². The van der Waals surface area contributed by atoms with E-state index in [4.69, 9.17) is 0 Å². The predicted octanol–water partition coefficient (Wildman–Crippen LogP) is 3.82. The Morgan fingerprint density at radius 1 is 0.826 bits per heavy atom. The Morgan fingerprint density at radius 3 is 2.13 bits per heavy atom. The van der Waals surface area contributed by atoms with Gasteiger partial charge in [0.25, 0.3) is 0 Å². The molecule has 0 bridgehead atoms. The number of carboxylic acids is 2. The molecule has 0 amide bonds. The van der Waals surface area contributed by atoms with E-state index in [1.807, 2.05) is 18.2 Å². The first-order valence-electron chi connectivity index (χ1n) is 7.13. The highest BCUT2D eigenvalue weighted by molar-refractivity contribution is 5.97. The Bertz CT molecular complexity index is 846. The summed E-state index contributed by atoms with van der Waals surface area (Å²) in [5, 5.41) is 18.8. The zero-order chi connectivity index (χ0) is 16.4. The fraction of sp³-hybridized carbons (Fsp3) is 0.0526. The third-order valence-electron chi connectivity index (χ3n) is 3.91. The second-order valence-corrected chi connectivity index (χ2v) is 5.23. The molecule has 2 aromatic rings. The Hall–Kier alpha value is -3.14. The van der Waals surface area contributed by atoms with Gasteiger partial charge in [-0.3, -0.25) is 0 Å². The minimum absolute atomic E-state index is 0.209. The van der Waals surface area contributed by atoms with Gasteiger partial charge < -0.3 is 10.2 Å². The van der Waals surface area contributed by atoms with Crippen LogP contribution in [0.2, 0.25) is 0 Å². The number of rotatable bonds is 4. The van der Waals surface area contributed by atoms with Crippen molar-refractivity contribution in [1.82, 2.24) is 0 Å². The second kappa shape index (κ2) is 5.93. The summed E-state index contributed by atoms with van der Waals surface area (Å²) in [6.45, 7) is 0. The largest absolute Gasteiger partial charge is 0.478 e. The van der Waals surface area contributed by atoms with Crippen LogP contribution in [0.1, 0.15) is 37.8 Å². The quantitative estimate of drug-likeness (QED) is 0.900. The van der Waals surface area contributed by atoms with Crippen LogP contribution in [0.25, 0.3) is 5.57 Å². The molecule has 1 atom stereocenters. The lowest BCUT2D eigenvalue weighted by molar-refractivity contribution is 0.0684. The molecule has 0 aromatic heterocycles. The molecular weight excluding hydrogens is 292 g/mol. The summed E-state index contributed by atoms with van der Waals surface area (Å²) in [4.78, 5) is 22.9. The Morgan fingerprint density at radius 2 is 1.43 bits per heavy atom. The fourth-order valence-corrected chi connectivity index (χ4v) is 2.89. The predicted molar refractivity (Wildman–Crippen MR) is 86.7 cm³/mol. The highest BCUT2D eigenvalue weighted by Crippen LogP contribution is 2.39. The van der Waals surface area contributed by atoms with Gasteiger partial charge in [-0.05, 0) is 28.8 Å². The van der Waals surface area contributed by atoms with Crippen molar-refractivity contribution in [3.63, 3.8) is 0 Å². The van der Waals surface area contributed by atoms with Crippen molar-refractivity contribution in [2.45, 2.75) is 5.92 Å². The normalized spacial score (nSPS) is 16.2. The lowest BCUT2D eigenvalue weighted by atomic mass is 9.85. The molecule has 4 nitrogen and oxygen atoms in total. The lowest BCUT2D eigenvalue weighted by Crippen LogP contribution is -2.08. The molecule has 0 radical (unpaired) electrons. The fourth-order valence-electron chi connectivity index (χ4n) is 2.89. The molecule has 0 aliphatic heterocycles. The maximum atomic E-state index is 11.5. The topological polar surface area (TPSA) is 74.6 Å². The molecule has 4 heteroatoms. The van der Waals surface area contributed by atoms with Crippen LogP contribution in [-0.2, 0) is 0 Å². The van der Waals surface area contributed by atoms with Crippen molar-refractivity contribution < 1.29 is 19.8 Å². The molecule has 1 aliphatic rings. The zero-order valence-corrected chi connectivity index (χ0v) is 12.1. The smallest absolute Gasteiger partial charge is 0.336 e. The van der Waals surface area contributed by atoms with Gasteiger partial charge in [0.1, 0.15) is 0 Å². The van der Waals surface area contributed by atoms with Crippen molar-refractivity contribution in [3.8, 4) is 0 Å². The number of hydrogen-bond donors (Lipinski definition) is 2. The minimum Gasteiger partial charge on any atom is -0.478 e. The van der Waals surface area contributed by atoms with Gasteiger partial charge >= 0.3 is 11.9 Å². The van der Waals surface area contributed by atoms with Gasteiger partial charge in [-0.1, -0.05) is 54.6 Å². The average molecular weight is 306 g/mol. The highest BCUT2D eigenvalue weighted by atomic mass is 16.4. The number of aromatic carboxylic acids is 2. The van der Waals surface area contributed by atoms with Crippen molar-refractivity contribution in [3.05, 3.63) is 89.0 Å². The van der Waals surface area contributed by atoms with E-state index in [-0.39, 0.29) is 17.0 Å². The standard InChI is InChI=1S/C19H14O4/c20-18(21)16-8-3-1-6-14(16)12-10-5-11-13(12)15-7-2-4-9-17(15)19(22)23/h1-12H,(H,20,21)(H,22,23).